The third kappa shape index (κ3) is 6.09. The van der Waals surface area contributed by atoms with E-state index in [0.717, 1.165) is 28.8 Å². The summed E-state index contributed by atoms with van der Waals surface area (Å²) in [5, 5.41) is 0.835. The Morgan fingerprint density at radius 3 is 2.15 bits per heavy atom. The molecule has 206 valence electrons. The summed E-state index contributed by atoms with van der Waals surface area (Å²) in [6, 6.07) is 17.4. The molecule has 0 fully saturated rings. The number of rotatable bonds is 12. The maximum absolute atomic E-state index is 14.0. The molecular formula is C30H35N2O6S+. The smallest absolute Gasteiger partial charge is 0.311 e. The van der Waals surface area contributed by atoms with Crippen LogP contribution in [0.2, 0.25) is 0 Å². The molecule has 0 bridgehead atoms. The fraction of sp³-hybridized carbons (Fsp3) is 0.333. The molecule has 0 aliphatic carbocycles. The van der Waals surface area contributed by atoms with E-state index in [2.05, 4.69) is 6.26 Å². The van der Waals surface area contributed by atoms with E-state index < -0.39 is 10.9 Å². The van der Waals surface area contributed by atoms with Crippen LogP contribution >= 0.6 is 0 Å². The topological polar surface area (TPSA) is 81.0 Å². The van der Waals surface area contributed by atoms with Crippen molar-refractivity contribution in [1.82, 2.24) is 9.55 Å². The summed E-state index contributed by atoms with van der Waals surface area (Å²) >= 11 is 0. The van der Waals surface area contributed by atoms with Crippen molar-refractivity contribution < 1.29 is 23.7 Å². The molecule has 2 aromatic heterocycles. The molecule has 0 amide bonds. The molecule has 0 radical (unpaired) electrons. The molecular weight excluding hydrogens is 516 g/mol. The highest BCUT2D eigenvalue weighted by Gasteiger charge is 2.30. The third-order valence-corrected chi connectivity index (χ3v) is 8.36. The Bertz CT molecular complexity index is 1460. The summed E-state index contributed by atoms with van der Waals surface area (Å²) in [5.41, 5.74) is 2.44. The second-order valence-corrected chi connectivity index (χ2v) is 11.1. The number of benzene rings is 2. The molecule has 9 heteroatoms. The second-order valence-electron chi connectivity index (χ2n) is 8.97. The Balaban J connectivity index is 1.59. The lowest BCUT2D eigenvalue weighted by Gasteiger charge is -2.16. The average Bonchev–Trinajstić information content (AvgIpc) is 2.96. The number of pyridine rings is 2. The lowest BCUT2D eigenvalue weighted by atomic mass is 10.2. The summed E-state index contributed by atoms with van der Waals surface area (Å²) < 4.78 is 29.8. The number of fused-ring (bicyclic) bond motifs is 1. The lowest BCUT2D eigenvalue weighted by molar-refractivity contribution is 0.299. The number of hydrogen-bond donors (Lipinski definition) is 0. The van der Waals surface area contributed by atoms with Gasteiger partial charge in [0.15, 0.2) is 17.2 Å². The van der Waals surface area contributed by atoms with E-state index in [1.54, 1.807) is 45.1 Å². The minimum atomic E-state index is -0.397. The van der Waals surface area contributed by atoms with Gasteiger partial charge in [-0.15, -0.1) is 0 Å². The molecule has 1 unspecified atom stereocenters. The Morgan fingerprint density at radius 2 is 1.54 bits per heavy atom. The largest absolute Gasteiger partial charge is 0.493 e. The van der Waals surface area contributed by atoms with E-state index in [1.165, 1.54) is 0 Å². The maximum Gasteiger partial charge on any atom is 0.311 e. The fourth-order valence-electron chi connectivity index (χ4n) is 4.49. The van der Waals surface area contributed by atoms with Crippen molar-refractivity contribution in [3.8, 4) is 28.7 Å². The van der Waals surface area contributed by atoms with Crippen molar-refractivity contribution in [2.45, 2.75) is 24.8 Å². The number of aryl methyl sites for hydroxylation is 1. The van der Waals surface area contributed by atoms with Crippen molar-refractivity contribution >= 4 is 21.9 Å². The predicted octanol–water partition coefficient (Wildman–Crippen LogP) is 4.86. The first-order valence-electron chi connectivity index (χ1n) is 12.6. The van der Waals surface area contributed by atoms with Gasteiger partial charge in [-0.25, -0.2) is 4.98 Å². The van der Waals surface area contributed by atoms with Crippen molar-refractivity contribution in [2.24, 2.45) is 0 Å². The van der Waals surface area contributed by atoms with Crippen LogP contribution < -0.4 is 29.2 Å². The Morgan fingerprint density at radius 1 is 0.872 bits per heavy atom. The number of hydrogen-bond acceptors (Lipinski definition) is 7. The Labute approximate surface area is 231 Å². The summed E-state index contributed by atoms with van der Waals surface area (Å²) in [6.45, 7) is 2.82. The summed E-state index contributed by atoms with van der Waals surface area (Å²) in [5.74, 6) is 3.56. The van der Waals surface area contributed by atoms with Gasteiger partial charge in [-0.1, -0.05) is 30.3 Å². The second kappa shape index (κ2) is 12.8. The van der Waals surface area contributed by atoms with E-state index in [0.29, 0.717) is 52.4 Å². The number of methoxy groups -OCH3 is 4. The number of aromatic nitrogens is 2. The summed E-state index contributed by atoms with van der Waals surface area (Å²) in [6.07, 6.45) is 2.82. The minimum Gasteiger partial charge on any atom is -0.493 e. The zero-order valence-electron chi connectivity index (χ0n) is 23.3. The molecule has 0 aliphatic heterocycles. The molecule has 1 atom stereocenters. The fourth-order valence-corrected chi connectivity index (χ4v) is 6.17. The number of ether oxygens (including phenoxy) is 5. The van der Waals surface area contributed by atoms with E-state index in [-0.39, 0.29) is 5.56 Å². The van der Waals surface area contributed by atoms with Crippen LogP contribution in [0, 0.1) is 6.92 Å². The predicted molar refractivity (Wildman–Crippen MR) is 155 cm³/mol. The quantitative estimate of drug-likeness (QED) is 0.184. The molecule has 0 aliphatic rings. The van der Waals surface area contributed by atoms with E-state index in [9.17, 15) is 4.79 Å². The van der Waals surface area contributed by atoms with Gasteiger partial charge in [0, 0.05) is 35.1 Å². The van der Waals surface area contributed by atoms with Crippen LogP contribution in [0.1, 0.15) is 17.7 Å². The van der Waals surface area contributed by atoms with Crippen molar-refractivity contribution in [1.29, 1.82) is 0 Å². The van der Waals surface area contributed by atoms with Crippen molar-refractivity contribution in [3.63, 3.8) is 0 Å². The molecule has 4 rings (SSSR count). The Hall–Kier alpha value is -3.85. The highest BCUT2D eigenvalue weighted by molar-refractivity contribution is 7.96. The highest BCUT2D eigenvalue weighted by Crippen LogP contribution is 2.40. The first-order valence-corrected chi connectivity index (χ1v) is 14.4. The minimum absolute atomic E-state index is 0.0716. The van der Waals surface area contributed by atoms with Gasteiger partial charge in [-0.05, 0) is 24.6 Å². The van der Waals surface area contributed by atoms with Crippen LogP contribution in [0.25, 0.3) is 11.0 Å². The van der Waals surface area contributed by atoms with E-state index in [1.807, 2.05) is 49.4 Å². The van der Waals surface area contributed by atoms with E-state index in [4.69, 9.17) is 28.7 Å². The normalized spacial score (nSPS) is 11.7. The molecule has 8 nitrogen and oxygen atoms in total. The van der Waals surface area contributed by atoms with Gasteiger partial charge in [-0.3, -0.25) is 9.36 Å². The van der Waals surface area contributed by atoms with Gasteiger partial charge < -0.3 is 23.7 Å². The summed E-state index contributed by atoms with van der Waals surface area (Å²) in [7, 11) is 5.93. The average molecular weight is 552 g/mol. The van der Waals surface area contributed by atoms with Crippen LogP contribution in [-0.4, -0.2) is 56.6 Å². The monoisotopic (exact) mass is 551 g/mol. The molecule has 4 aromatic rings. The van der Waals surface area contributed by atoms with Crippen molar-refractivity contribution in [3.05, 3.63) is 76.2 Å². The molecule has 0 saturated heterocycles. The molecule has 0 spiro atoms. The first kappa shape index (κ1) is 28.2. The molecule has 2 aromatic carbocycles. The van der Waals surface area contributed by atoms with Crippen LogP contribution in [0.4, 0.5) is 0 Å². The van der Waals surface area contributed by atoms with Crippen LogP contribution in [-0.2, 0) is 17.4 Å². The Kier molecular flexibility index (Phi) is 9.24. The van der Waals surface area contributed by atoms with E-state index >= 15 is 0 Å². The number of nitrogens with zero attached hydrogens (tertiary/aromatic N) is 2. The molecule has 39 heavy (non-hydrogen) atoms. The zero-order valence-corrected chi connectivity index (χ0v) is 24.1. The first-order chi connectivity index (χ1) is 18.9. The maximum atomic E-state index is 14.0. The van der Waals surface area contributed by atoms with Gasteiger partial charge in [-0.2, -0.15) is 0 Å². The van der Waals surface area contributed by atoms with Gasteiger partial charge in [0.25, 0.3) is 4.90 Å². The van der Waals surface area contributed by atoms with Crippen LogP contribution in [0.5, 0.6) is 28.7 Å². The molecule has 0 N–H and O–H groups in total. The molecule has 2 heterocycles. The zero-order chi connectivity index (χ0) is 27.9. The lowest BCUT2D eigenvalue weighted by Crippen LogP contribution is -2.29. The van der Waals surface area contributed by atoms with Gasteiger partial charge >= 0.3 is 5.56 Å². The van der Waals surface area contributed by atoms with Gasteiger partial charge in [0.05, 0.1) is 47.0 Å². The molecule has 0 saturated carbocycles. The third-order valence-electron chi connectivity index (χ3n) is 6.40. The SMILES string of the molecule is COc1cc(OCCC[S+](C)c2c(OC)c3ccc(C)nc3n(Cc3ccccc3)c2=O)cc(OC)c1OC. The van der Waals surface area contributed by atoms with Gasteiger partial charge in [0.1, 0.15) is 23.4 Å². The standard InChI is InChI=1S/C30H35N2O6S/c1-20-13-14-23-26(36-4)28(30(33)32(29(23)31-20)19-21-11-8-7-9-12-21)39(6)16-10-15-38-22-17-24(34-2)27(37-5)25(18-22)35-3/h7-9,11-14,17-18H,10,15-16,19H2,1-6H3/q+1. The van der Waals surface area contributed by atoms with Crippen LogP contribution in [0.3, 0.4) is 0 Å². The van der Waals surface area contributed by atoms with Gasteiger partial charge in [0.2, 0.25) is 5.75 Å². The van der Waals surface area contributed by atoms with Crippen LogP contribution in [0.15, 0.2) is 64.3 Å². The summed E-state index contributed by atoms with van der Waals surface area (Å²) in [4.78, 5) is 19.4. The van der Waals surface area contributed by atoms with Crippen molar-refractivity contribution in [2.75, 3.05) is 47.1 Å². The highest BCUT2D eigenvalue weighted by atomic mass is 32.2.